The van der Waals surface area contributed by atoms with Gasteiger partial charge in [-0.1, -0.05) is 18.1 Å². The standard InChI is InChI=1S/C15H20N2/c1-3-10-17(11-13-4-5-13)15-8-6-14(7-9-15)12(2)16/h1,6-9,12-13H,4-5,10-11,16H2,2H3/t12-/m0/s1. The quantitative estimate of drug-likeness (QED) is 0.785. The third-order valence-electron chi connectivity index (χ3n) is 3.24. The van der Waals surface area contributed by atoms with Crippen LogP contribution >= 0.6 is 0 Å². The van der Waals surface area contributed by atoms with Crippen LogP contribution in [0.25, 0.3) is 0 Å². The molecule has 2 N–H and O–H groups in total. The highest BCUT2D eigenvalue weighted by Gasteiger charge is 2.24. The molecule has 0 aliphatic heterocycles. The van der Waals surface area contributed by atoms with E-state index in [1.807, 2.05) is 6.92 Å². The molecule has 2 nitrogen and oxygen atoms in total. The maximum atomic E-state index is 5.84. The first-order valence-corrected chi connectivity index (χ1v) is 6.24. The van der Waals surface area contributed by atoms with Crippen molar-refractivity contribution in [1.82, 2.24) is 0 Å². The van der Waals surface area contributed by atoms with E-state index in [1.165, 1.54) is 24.1 Å². The van der Waals surface area contributed by atoms with E-state index in [2.05, 4.69) is 35.1 Å². The van der Waals surface area contributed by atoms with Crippen molar-refractivity contribution in [2.24, 2.45) is 11.7 Å². The Balaban J connectivity index is 2.08. The minimum absolute atomic E-state index is 0.0913. The van der Waals surface area contributed by atoms with Gasteiger partial charge in [0.15, 0.2) is 0 Å². The second-order valence-corrected chi connectivity index (χ2v) is 4.91. The molecule has 1 aromatic carbocycles. The van der Waals surface area contributed by atoms with Gasteiger partial charge in [0.1, 0.15) is 0 Å². The van der Waals surface area contributed by atoms with Crippen LogP contribution in [0, 0.1) is 18.3 Å². The Bertz CT molecular complexity index is 396. The van der Waals surface area contributed by atoms with Gasteiger partial charge in [0, 0.05) is 18.3 Å². The lowest BCUT2D eigenvalue weighted by Crippen LogP contribution is -2.26. The van der Waals surface area contributed by atoms with Crippen LogP contribution in [0.5, 0.6) is 0 Å². The lowest BCUT2D eigenvalue weighted by Gasteiger charge is -2.22. The highest BCUT2D eigenvalue weighted by atomic mass is 15.1. The van der Waals surface area contributed by atoms with Crippen LogP contribution in [0.15, 0.2) is 24.3 Å². The molecule has 1 aliphatic carbocycles. The molecule has 1 atom stereocenters. The van der Waals surface area contributed by atoms with Crippen LogP contribution in [0.2, 0.25) is 0 Å². The molecule has 0 unspecified atom stereocenters. The van der Waals surface area contributed by atoms with Gasteiger partial charge >= 0.3 is 0 Å². The summed E-state index contributed by atoms with van der Waals surface area (Å²) in [6.07, 6.45) is 8.12. The summed E-state index contributed by atoms with van der Waals surface area (Å²) < 4.78 is 0. The van der Waals surface area contributed by atoms with Crippen molar-refractivity contribution >= 4 is 5.69 Å². The molecule has 2 heteroatoms. The summed E-state index contributed by atoms with van der Waals surface area (Å²) in [5, 5.41) is 0. The maximum Gasteiger partial charge on any atom is 0.0791 e. The number of terminal acetylenes is 1. The third-order valence-corrected chi connectivity index (χ3v) is 3.24. The van der Waals surface area contributed by atoms with Gasteiger partial charge in [0.05, 0.1) is 6.54 Å². The van der Waals surface area contributed by atoms with Gasteiger partial charge in [0.25, 0.3) is 0 Å². The Morgan fingerprint density at radius 2 is 2.06 bits per heavy atom. The minimum atomic E-state index is 0.0913. The second-order valence-electron chi connectivity index (χ2n) is 4.91. The van der Waals surface area contributed by atoms with Crippen molar-refractivity contribution in [2.75, 3.05) is 18.0 Å². The number of nitrogens with zero attached hydrogens (tertiary/aromatic N) is 1. The normalized spacial score (nSPS) is 16.3. The first-order valence-electron chi connectivity index (χ1n) is 6.24. The van der Waals surface area contributed by atoms with Gasteiger partial charge < -0.3 is 10.6 Å². The fraction of sp³-hybridized carbons (Fsp3) is 0.467. The molecule has 0 aromatic heterocycles. The minimum Gasteiger partial charge on any atom is -0.360 e. The van der Waals surface area contributed by atoms with Gasteiger partial charge in [-0.05, 0) is 43.4 Å². The zero-order chi connectivity index (χ0) is 12.3. The molecule has 0 bridgehead atoms. The lowest BCUT2D eigenvalue weighted by molar-refractivity contribution is 0.763. The summed E-state index contributed by atoms with van der Waals surface area (Å²) >= 11 is 0. The number of hydrogen-bond donors (Lipinski definition) is 1. The van der Waals surface area contributed by atoms with Crippen molar-refractivity contribution in [1.29, 1.82) is 0 Å². The molecule has 17 heavy (non-hydrogen) atoms. The predicted molar refractivity (Wildman–Crippen MR) is 72.8 cm³/mol. The van der Waals surface area contributed by atoms with Gasteiger partial charge in [-0.25, -0.2) is 0 Å². The van der Waals surface area contributed by atoms with Crippen molar-refractivity contribution in [2.45, 2.75) is 25.8 Å². The Morgan fingerprint density at radius 1 is 1.41 bits per heavy atom. The molecule has 1 aromatic rings. The zero-order valence-corrected chi connectivity index (χ0v) is 10.4. The van der Waals surface area contributed by atoms with Crippen LogP contribution in [-0.4, -0.2) is 13.1 Å². The molecule has 90 valence electrons. The Labute approximate surface area is 104 Å². The molecular formula is C15H20N2. The van der Waals surface area contributed by atoms with Crippen LogP contribution in [0.1, 0.15) is 31.4 Å². The summed E-state index contributed by atoms with van der Waals surface area (Å²) in [4.78, 5) is 2.28. The van der Waals surface area contributed by atoms with E-state index in [-0.39, 0.29) is 6.04 Å². The van der Waals surface area contributed by atoms with Gasteiger partial charge in [-0.3, -0.25) is 0 Å². The summed E-state index contributed by atoms with van der Waals surface area (Å²) in [6.45, 7) is 3.77. The van der Waals surface area contributed by atoms with Crippen LogP contribution < -0.4 is 10.6 Å². The topological polar surface area (TPSA) is 29.3 Å². The van der Waals surface area contributed by atoms with Crippen molar-refractivity contribution in [3.63, 3.8) is 0 Å². The van der Waals surface area contributed by atoms with Crippen LogP contribution in [0.3, 0.4) is 0 Å². The van der Waals surface area contributed by atoms with Crippen molar-refractivity contribution < 1.29 is 0 Å². The number of benzene rings is 1. The SMILES string of the molecule is C#CCN(CC1CC1)c1ccc([C@H](C)N)cc1. The van der Waals surface area contributed by atoms with Crippen molar-refractivity contribution in [3.05, 3.63) is 29.8 Å². The number of nitrogens with two attached hydrogens (primary N) is 1. The smallest absolute Gasteiger partial charge is 0.0791 e. The van der Waals surface area contributed by atoms with Gasteiger partial charge in [0.2, 0.25) is 0 Å². The zero-order valence-electron chi connectivity index (χ0n) is 10.4. The van der Waals surface area contributed by atoms with E-state index >= 15 is 0 Å². The molecule has 0 heterocycles. The Kier molecular flexibility index (Phi) is 3.71. The maximum absolute atomic E-state index is 5.84. The largest absolute Gasteiger partial charge is 0.360 e. The highest BCUT2D eigenvalue weighted by Crippen LogP contribution is 2.31. The summed E-state index contributed by atoms with van der Waals surface area (Å²) in [5.41, 5.74) is 8.22. The van der Waals surface area contributed by atoms with E-state index in [0.29, 0.717) is 6.54 Å². The average Bonchev–Trinajstić information content (AvgIpc) is 3.13. The summed E-state index contributed by atoms with van der Waals surface area (Å²) in [7, 11) is 0. The molecule has 1 saturated carbocycles. The molecule has 1 aliphatic rings. The summed E-state index contributed by atoms with van der Waals surface area (Å²) in [5.74, 6) is 3.58. The first kappa shape index (κ1) is 12.0. The number of anilines is 1. The van der Waals surface area contributed by atoms with Gasteiger partial charge in [-0.15, -0.1) is 6.42 Å². The molecule has 1 fully saturated rings. The summed E-state index contributed by atoms with van der Waals surface area (Å²) in [6, 6.07) is 8.53. The van der Waals surface area contributed by atoms with E-state index in [4.69, 9.17) is 12.2 Å². The molecule has 0 radical (unpaired) electrons. The molecule has 0 spiro atoms. The fourth-order valence-corrected chi connectivity index (χ4v) is 1.97. The van der Waals surface area contributed by atoms with Gasteiger partial charge in [-0.2, -0.15) is 0 Å². The first-order chi connectivity index (χ1) is 8.20. The predicted octanol–water partition coefficient (Wildman–Crippen LogP) is 2.56. The molecular weight excluding hydrogens is 208 g/mol. The second kappa shape index (κ2) is 5.25. The number of rotatable bonds is 5. The van der Waals surface area contributed by atoms with E-state index < -0.39 is 0 Å². The van der Waals surface area contributed by atoms with E-state index in [0.717, 1.165) is 12.5 Å². The highest BCUT2D eigenvalue weighted by molar-refractivity contribution is 5.49. The number of hydrogen-bond acceptors (Lipinski definition) is 2. The van der Waals surface area contributed by atoms with E-state index in [1.54, 1.807) is 0 Å². The van der Waals surface area contributed by atoms with Crippen LogP contribution in [0.4, 0.5) is 5.69 Å². The van der Waals surface area contributed by atoms with Crippen molar-refractivity contribution in [3.8, 4) is 12.3 Å². The Morgan fingerprint density at radius 3 is 2.53 bits per heavy atom. The lowest BCUT2D eigenvalue weighted by atomic mass is 10.1. The van der Waals surface area contributed by atoms with E-state index in [9.17, 15) is 0 Å². The molecule has 0 amide bonds. The Hall–Kier alpha value is -1.46. The molecule has 2 rings (SSSR count). The average molecular weight is 228 g/mol. The monoisotopic (exact) mass is 228 g/mol. The third kappa shape index (κ3) is 3.25. The fourth-order valence-electron chi connectivity index (χ4n) is 1.97. The van der Waals surface area contributed by atoms with Crippen LogP contribution in [-0.2, 0) is 0 Å². The molecule has 0 saturated heterocycles.